The van der Waals surface area contributed by atoms with Crippen LogP contribution in [0.4, 0.5) is 0 Å². The normalized spacial score (nSPS) is 31.8. The number of phosphoric acid groups is 1. The predicted molar refractivity (Wildman–Crippen MR) is 157 cm³/mol. The van der Waals surface area contributed by atoms with Crippen LogP contribution in [0.1, 0.15) is 64.7 Å². The molecule has 0 aromatic heterocycles. The number of carbonyl (C=O) groups is 2. The van der Waals surface area contributed by atoms with Crippen molar-refractivity contribution in [3.63, 3.8) is 0 Å². The van der Waals surface area contributed by atoms with E-state index in [1.807, 2.05) is 0 Å². The van der Waals surface area contributed by atoms with Gasteiger partial charge in [-0.3, -0.25) is 18.6 Å². The second-order valence-corrected chi connectivity index (χ2v) is 12.7. The summed E-state index contributed by atoms with van der Waals surface area (Å²) in [4.78, 5) is 33.5. The number of hydrogen-bond donors (Lipinski definition) is 6. The van der Waals surface area contributed by atoms with Crippen molar-refractivity contribution in [2.24, 2.45) is 5.92 Å². The molecule has 2 radical (unpaired) electrons. The first-order chi connectivity index (χ1) is 20.9. The first kappa shape index (κ1) is 39.0. The highest BCUT2D eigenvalue weighted by molar-refractivity contribution is 7.47. The van der Waals surface area contributed by atoms with Gasteiger partial charge in [0.25, 0.3) is 0 Å². The third-order valence-electron chi connectivity index (χ3n) is 7.73. The molecule has 2 fully saturated rings. The molecule has 44 heavy (non-hydrogen) atoms. The SMILES string of the molecule is [B][C@@H]1O[C@H](COC)[C@H](OP(=O)(O)OC)C1CCCCCCCNC(=O)CCCCO[C@@H]1O[C@H](CO)[C@H](O)[C@H](O)[C@H]1NC(C)=O. The summed E-state index contributed by atoms with van der Waals surface area (Å²) in [7, 11) is 4.51. The van der Waals surface area contributed by atoms with Gasteiger partial charge in [0, 0.05) is 52.6 Å². The Bertz CT molecular complexity index is 906. The van der Waals surface area contributed by atoms with E-state index in [1.165, 1.54) is 14.0 Å². The van der Waals surface area contributed by atoms with E-state index in [0.717, 1.165) is 39.2 Å². The maximum Gasteiger partial charge on any atom is 0.472 e. The van der Waals surface area contributed by atoms with Gasteiger partial charge in [-0.25, -0.2) is 4.57 Å². The number of nitrogens with one attached hydrogen (secondary N) is 2. The summed E-state index contributed by atoms with van der Waals surface area (Å²) in [6, 6.07) is -1.63. The summed E-state index contributed by atoms with van der Waals surface area (Å²) in [6.45, 7) is 1.68. The van der Waals surface area contributed by atoms with E-state index in [-0.39, 0.29) is 25.0 Å². The molecule has 2 aliphatic heterocycles. The van der Waals surface area contributed by atoms with Crippen molar-refractivity contribution in [1.29, 1.82) is 0 Å². The van der Waals surface area contributed by atoms with Gasteiger partial charge in [-0.1, -0.05) is 25.7 Å². The molecule has 0 spiro atoms. The van der Waals surface area contributed by atoms with Crippen molar-refractivity contribution in [2.75, 3.05) is 40.6 Å². The van der Waals surface area contributed by atoms with Crippen molar-refractivity contribution in [3.8, 4) is 0 Å². The third-order valence-corrected chi connectivity index (χ3v) is 8.70. The van der Waals surface area contributed by atoms with Gasteiger partial charge in [-0.15, -0.1) is 0 Å². The molecule has 2 amide bonds. The number of unbranched alkanes of at least 4 members (excludes halogenated alkanes) is 5. The lowest BCUT2D eigenvalue weighted by Crippen LogP contribution is -2.64. The van der Waals surface area contributed by atoms with Crippen LogP contribution >= 0.6 is 7.82 Å². The van der Waals surface area contributed by atoms with Crippen molar-refractivity contribution in [3.05, 3.63) is 0 Å². The predicted octanol–water partition coefficient (Wildman–Crippen LogP) is -0.138. The highest BCUT2D eigenvalue weighted by Crippen LogP contribution is 2.48. The minimum atomic E-state index is -4.22. The summed E-state index contributed by atoms with van der Waals surface area (Å²) < 4.78 is 43.9. The van der Waals surface area contributed by atoms with Crippen molar-refractivity contribution in [1.82, 2.24) is 10.6 Å². The van der Waals surface area contributed by atoms with Crippen LogP contribution in [0.5, 0.6) is 0 Å². The summed E-state index contributed by atoms with van der Waals surface area (Å²) in [6.07, 6.45) is 0.369. The molecule has 0 bridgehead atoms. The number of ether oxygens (including phenoxy) is 4. The minimum absolute atomic E-state index is 0.0713. The molecule has 2 unspecified atom stereocenters. The van der Waals surface area contributed by atoms with Gasteiger partial charge in [0.05, 0.1) is 13.2 Å². The second-order valence-electron chi connectivity index (χ2n) is 11.1. The zero-order valence-electron chi connectivity index (χ0n) is 25.9. The van der Waals surface area contributed by atoms with E-state index >= 15 is 0 Å². The Kier molecular flexibility index (Phi) is 17.9. The first-order valence-corrected chi connectivity index (χ1v) is 16.7. The van der Waals surface area contributed by atoms with Crippen LogP contribution < -0.4 is 10.6 Å². The van der Waals surface area contributed by atoms with Gasteiger partial charge in [-0.05, 0) is 25.7 Å². The Morgan fingerprint density at radius 1 is 0.977 bits per heavy atom. The summed E-state index contributed by atoms with van der Waals surface area (Å²) in [5.74, 6) is -0.777. The monoisotopic (exact) mass is 652 g/mol. The number of aliphatic hydroxyl groups is 3. The van der Waals surface area contributed by atoms with Crippen LogP contribution in [0.15, 0.2) is 0 Å². The molecule has 2 heterocycles. The van der Waals surface area contributed by atoms with E-state index in [4.69, 9.17) is 31.3 Å². The van der Waals surface area contributed by atoms with E-state index in [9.17, 15) is 34.4 Å². The number of methoxy groups -OCH3 is 1. The number of hydrogen-bond acceptors (Lipinski definition) is 12. The molecule has 0 aliphatic carbocycles. The number of carbonyl (C=O) groups excluding carboxylic acids is 2. The van der Waals surface area contributed by atoms with Crippen LogP contribution in [0.25, 0.3) is 0 Å². The maximum atomic E-state index is 12.2. The molecule has 254 valence electrons. The summed E-state index contributed by atoms with van der Waals surface area (Å²) in [5.41, 5.74) is 0. The fourth-order valence-corrected chi connectivity index (χ4v) is 6.05. The molecule has 0 aromatic rings. The Balaban J connectivity index is 1.57. The highest BCUT2D eigenvalue weighted by Gasteiger charge is 2.46. The average molecular weight is 652 g/mol. The average Bonchev–Trinajstić information content (AvgIpc) is 3.25. The molecule has 2 rings (SSSR count). The Hall–Kier alpha value is -1.17. The van der Waals surface area contributed by atoms with Crippen LogP contribution in [-0.4, -0.2) is 129 Å². The molecular weight excluding hydrogens is 602 g/mol. The number of amides is 2. The second kappa shape index (κ2) is 20.2. The third kappa shape index (κ3) is 12.9. The van der Waals surface area contributed by atoms with Crippen LogP contribution in [0.2, 0.25) is 0 Å². The number of phosphoric ester groups is 1. The Morgan fingerprint density at radius 2 is 1.68 bits per heavy atom. The first-order valence-electron chi connectivity index (χ1n) is 15.2. The van der Waals surface area contributed by atoms with Crippen LogP contribution in [0, 0.1) is 5.92 Å². The molecular formula is C27H50BN2O13P. The summed E-state index contributed by atoms with van der Waals surface area (Å²) in [5, 5.41) is 35.1. The van der Waals surface area contributed by atoms with Gasteiger partial charge in [0.2, 0.25) is 11.8 Å². The molecule has 15 nitrogen and oxygen atoms in total. The molecule has 2 saturated heterocycles. The zero-order valence-corrected chi connectivity index (χ0v) is 26.8. The molecule has 6 N–H and O–H groups in total. The summed E-state index contributed by atoms with van der Waals surface area (Å²) >= 11 is 0. The van der Waals surface area contributed by atoms with Gasteiger partial charge in [0.1, 0.15) is 44.4 Å². The van der Waals surface area contributed by atoms with Gasteiger partial charge in [0.15, 0.2) is 6.29 Å². The highest BCUT2D eigenvalue weighted by atomic mass is 31.2. The standard InChI is InChI=1S/C27H50BN2O13P/c1-17(32)30-22-24(35)23(34)19(15-31)42-27(22)40-14-10-8-12-21(33)29-13-9-6-4-5-7-11-18-25(43-44(36,37)39-3)20(16-38-2)41-26(18)28/h18-20,22-27,31,34-35H,4-16H2,1-3H3,(H,29,33)(H,30,32)(H,36,37)/t18?,19-,20-,22-,23+,24-,25-,26-,27-/m1/s1. The fourth-order valence-electron chi connectivity index (χ4n) is 5.36. The van der Waals surface area contributed by atoms with Crippen LogP contribution in [0.3, 0.4) is 0 Å². The van der Waals surface area contributed by atoms with Crippen molar-refractivity contribution in [2.45, 2.75) is 114 Å². The lowest BCUT2D eigenvalue weighted by molar-refractivity contribution is -0.270. The quantitative estimate of drug-likeness (QED) is 0.0543. The Morgan fingerprint density at radius 3 is 2.34 bits per heavy atom. The number of aliphatic hydroxyl groups excluding tert-OH is 3. The van der Waals surface area contributed by atoms with Gasteiger partial charge >= 0.3 is 7.82 Å². The molecule has 0 aromatic carbocycles. The Labute approximate surface area is 260 Å². The minimum Gasteiger partial charge on any atom is -0.394 e. The maximum absolute atomic E-state index is 12.2. The lowest BCUT2D eigenvalue weighted by Gasteiger charge is -2.42. The molecule has 17 heteroatoms. The zero-order chi connectivity index (χ0) is 32.7. The fraction of sp³-hybridized carbons (Fsp3) is 0.926. The topological polar surface area (TPSA) is 212 Å². The van der Waals surface area contributed by atoms with Crippen molar-refractivity contribution < 1.29 is 62.4 Å². The number of rotatable bonds is 21. The van der Waals surface area contributed by atoms with Crippen molar-refractivity contribution >= 4 is 27.5 Å². The van der Waals surface area contributed by atoms with Crippen LogP contribution in [-0.2, 0) is 42.1 Å². The van der Waals surface area contributed by atoms with E-state index in [1.54, 1.807) is 0 Å². The van der Waals surface area contributed by atoms with E-state index in [0.29, 0.717) is 32.2 Å². The van der Waals surface area contributed by atoms with Gasteiger partial charge < -0.3 is 49.8 Å². The van der Waals surface area contributed by atoms with Gasteiger partial charge in [-0.2, -0.15) is 0 Å². The smallest absolute Gasteiger partial charge is 0.394 e. The largest absolute Gasteiger partial charge is 0.472 e. The molecule has 2 aliphatic rings. The lowest BCUT2D eigenvalue weighted by atomic mass is 9.81. The molecule has 10 atom stereocenters. The van der Waals surface area contributed by atoms with E-state index in [2.05, 4.69) is 15.2 Å². The van der Waals surface area contributed by atoms with E-state index < -0.39 is 69.2 Å². The molecule has 0 saturated carbocycles.